The quantitative estimate of drug-likeness (QED) is 0.851. The van der Waals surface area contributed by atoms with Crippen molar-refractivity contribution >= 4 is 15.9 Å². The maximum atomic E-state index is 5.79. The Morgan fingerprint density at radius 1 is 1.15 bits per heavy atom. The van der Waals surface area contributed by atoms with Gasteiger partial charge in [-0.05, 0) is 46.6 Å². The predicted octanol–water partition coefficient (Wildman–Crippen LogP) is 4.38. The molecule has 0 fully saturated rings. The minimum Gasteiger partial charge on any atom is -0.438 e. The molecule has 3 nitrogen and oxygen atoms in total. The van der Waals surface area contributed by atoms with E-state index in [0.717, 1.165) is 29.0 Å². The van der Waals surface area contributed by atoms with Gasteiger partial charge in [-0.25, -0.2) is 4.98 Å². The molecule has 1 aromatic heterocycles. The molecule has 0 aliphatic rings. The van der Waals surface area contributed by atoms with Crippen molar-refractivity contribution in [2.45, 2.75) is 20.4 Å². The Balaban J connectivity index is 2.01. The first-order valence-electron chi connectivity index (χ1n) is 6.74. The van der Waals surface area contributed by atoms with E-state index in [4.69, 9.17) is 4.74 Å². The Labute approximate surface area is 128 Å². The molecule has 0 atom stereocenters. The van der Waals surface area contributed by atoms with Crippen LogP contribution in [0.1, 0.15) is 19.5 Å². The number of hydrogen-bond donors (Lipinski definition) is 1. The summed E-state index contributed by atoms with van der Waals surface area (Å²) in [6.45, 7) is 6.11. The number of para-hydroxylation sites is 1. The topological polar surface area (TPSA) is 34.1 Å². The van der Waals surface area contributed by atoms with E-state index in [1.165, 1.54) is 0 Å². The van der Waals surface area contributed by atoms with Crippen LogP contribution in [0.2, 0.25) is 0 Å². The normalized spacial score (nSPS) is 10.8. The highest BCUT2D eigenvalue weighted by Crippen LogP contribution is 2.28. The van der Waals surface area contributed by atoms with E-state index in [-0.39, 0.29) is 0 Å². The molecule has 1 aromatic carbocycles. The Morgan fingerprint density at radius 3 is 2.70 bits per heavy atom. The van der Waals surface area contributed by atoms with Crippen LogP contribution in [0.4, 0.5) is 0 Å². The third kappa shape index (κ3) is 4.62. The lowest BCUT2D eigenvalue weighted by Gasteiger charge is -2.09. The van der Waals surface area contributed by atoms with Gasteiger partial charge in [0.05, 0.1) is 10.2 Å². The molecule has 0 aliphatic heterocycles. The lowest BCUT2D eigenvalue weighted by Crippen LogP contribution is -2.19. The first kappa shape index (κ1) is 15.0. The fourth-order valence-electron chi connectivity index (χ4n) is 1.74. The van der Waals surface area contributed by atoms with E-state index >= 15 is 0 Å². The summed E-state index contributed by atoms with van der Waals surface area (Å²) >= 11 is 3.47. The van der Waals surface area contributed by atoms with Crippen LogP contribution in [0.15, 0.2) is 46.9 Å². The van der Waals surface area contributed by atoms with Gasteiger partial charge >= 0.3 is 0 Å². The number of aromatic nitrogens is 1. The van der Waals surface area contributed by atoms with Gasteiger partial charge in [0.1, 0.15) is 5.75 Å². The highest BCUT2D eigenvalue weighted by atomic mass is 79.9. The summed E-state index contributed by atoms with van der Waals surface area (Å²) in [7, 11) is 0. The van der Waals surface area contributed by atoms with Gasteiger partial charge in [0.15, 0.2) is 0 Å². The second kappa shape index (κ2) is 7.41. The largest absolute Gasteiger partial charge is 0.438 e. The van der Waals surface area contributed by atoms with Crippen molar-refractivity contribution in [1.29, 1.82) is 0 Å². The van der Waals surface area contributed by atoms with Crippen molar-refractivity contribution in [2.24, 2.45) is 5.92 Å². The van der Waals surface area contributed by atoms with Crippen molar-refractivity contribution in [3.8, 4) is 11.6 Å². The monoisotopic (exact) mass is 334 g/mol. The predicted molar refractivity (Wildman–Crippen MR) is 85.0 cm³/mol. The summed E-state index contributed by atoms with van der Waals surface area (Å²) in [5.41, 5.74) is 0.982. The minimum atomic E-state index is 0.612. The number of ether oxygens (including phenoxy) is 1. The van der Waals surface area contributed by atoms with Crippen molar-refractivity contribution < 1.29 is 4.74 Å². The number of nitrogens with zero attached hydrogens (tertiary/aromatic N) is 1. The van der Waals surface area contributed by atoms with Crippen molar-refractivity contribution in [3.63, 3.8) is 0 Å². The zero-order valence-corrected chi connectivity index (χ0v) is 13.4. The second-order valence-corrected chi connectivity index (χ2v) is 5.88. The second-order valence-electron chi connectivity index (χ2n) is 5.02. The zero-order valence-electron chi connectivity index (χ0n) is 11.8. The molecule has 0 bridgehead atoms. The molecule has 2 aromatic rings. The summed E-state index contributed by atoms with van der Waals surface area (Å²) in [4.78, 5) is 4.50. The highest BCUT2D eigenvalue weighted by molar-refractivity contribution is 9.10. The number of hydrogen-bond acceptors (Lipinski definition) is 3. The molecule has 2 rings (SSSR count). The van der Waals surface area contributed by atoms with Crippen LogP contribution in [0.3, 0.4) is 0 Å². The standard InChI is InChI=1S/C16H19BrN2O/c1-12(2)10-18-11-13-6-5-9-16(19-13)20-15-8-4-3-7-14(15)17/h3-9,12,18H,10-11H2,1-2H3. The van der Waals surface area contributed by atoms with Crippen LogP contribution in [0.5, 0.6) is 11.6 Å². The third-order valence-electron chi connectivity index (χ3n) is 2.69. The fraction of sp³-hybridized carbons (Fsp3) is 0.312. The summed E-state index contributed by atoms with van der Waals surface area (Å²) in [5, 5.41) is 3.38. The molecule has 1 N–H and O–H groups in total. The molecule has 0 aliphatic carbocycles. The Morgan fingerprint density at radius 2 is 1.95 bits per heavy atom. The van der Waals surface area contributed by atoms with Gasteiger partial charge < -0.3 is 10.1 Å². The molecule has 0 unspecified atom stereocenters. The smallest absolute Gasteiger partial charge is 0.219 e. The number of nitrogens with one attached hydrogen (secondary N) is 1. The van der Waals surface area contributed by atoms with E-state index < -0.39 is 0 Å². The average molecular weight is 335 g/mol. The SMILES string of the molecule is CC(C)CNCc1cccc(Oc2ccccc2Br)n1. The Hall–Kier alpha value is -1.39. The fourth-order valence-corrected chi connectivity index (χ4v) is 2.11. The maximum Gasteiger partial charge on any atom is 0.219 e. The van der Waals surface area contributed by atoms with Gasteiger partial charge in [0.25, 0.3) is 0 Å². The first-order valence-corrected chi connectivity index (χ1v) is 7.53. The summed E-state index contributed by atoms with van der Waals surface area (Å²) < 4.78 is 6.71. The van der Waals surface area contributed by atoms with Crippen LogP contribution in [0.25, 0.3) is 0 Å². The number of halogens is 1. The van der Waals surface area contributed by atoms with Gasteiger partial charge in [-0.3, -0.25) is 0 Å². The van der Waals surface area contributed by atoms with Crippen LogP contribution in [-0.2, 0) is 6.54 Å². The summed E-state index contributed by atoms with van der Waals surface area (Å²) in [6.07, 6.45) is 0. The molecule has 20 heavy (non-hydrogen) atoms. The van der Waals surface area contributed by atoms with Crippen molar-refractivity contribution in [1.82, 2.24) is 10.3 Å². The number of rotatable bonds is 6. The van der Waals surface area contributed by atoms with Crippen LogP contribution in [0, 0.1) is 5.92 Å². The summed E-state index contributed by atoms with van der Waals surface area (Å²) in [6, 6.07) is 13.6. The molecular formula is C16H19BrN2O. The number of benzene rings is 1. The van der Waals surface area contributed by atoms with E-state index in [1.54, 1.807) is 0 Å². The van der Waals surface area contributed by atoms with E-state index in [9.17, 15) is 0 Å². The van der Waals surface area contributed by atoms with Crippen molar-refractivity contribution in [3.05, 3.63) is 52.6 Å². The zero-order chi connectivity index (χ0) is 14.4. The summed E-state index contributed by atoms with van der Waals surface area (Å²) in [5.74, 6) is 2.02. The van der Waals surface area contributed by atoms with Crippen molar-refractivity contribution in [2.75, 3.05) is 6.54 Å². The van der Waals surface area contributed by atoms with E-state index in [0.29, 0.717) is 11.8 Å². The average Bonchev–Trinajstić information content (AvgIpc) is 2.41. The van der Waals surface area contributed by atoms with Gasteiger partial charge in [-0.2, -0.15) is 0 Å². The van der Waals surface area contributed by atoms with Crippen LogP contribution < -0.4 is 10.1 Å². The molecule has 4 heteroatoms. The molecular weight excluding hydrogens is 316 g/mol. The van der Waals surface area contributed by atoms with Gasteiger partial charge in [-0.15, -0.1) is 0 Å². The molecule has 0 saturated heterocycles. The highest BCUT2D eigenvalue weighted by Gasteiger charge is 2.04. The number of pyridine rings is 1. The molecule has 0 amide bonds. The molecule has 0 spiro atoms. The lowest BCUT2D eigenvalue weighted by atomic mass is 10.2. The third-order valence-corrected chi connectivity index (χ3v) is 3.35. The first-order chi connectivity index (χ1) is 9.65. The van der Waals surface area contributed by atoms with Crippen LogP contribution >= 0.6 is 15.9 Å². The van der Waals surface area contributed by atoms with Gasteiger partial charge in [0, 0.05) is 12.6 Å². The van der Waals surface area contributed by atoms with Gasteiger partial charge in [0.2, 0.25) is 5.88 Å². The Kier molecular flexibility index (Phi) is 5.56. The maximum absolute atomic E-state index is 5.79. The lowest BCUT2D eigenvalue weighted by molar-refractivity contribution is 0.455. The molecule has 1 heterocycles. The van der Waals surface area contributed by atoms with E-state index in [2.05, 4.69) is 40.1 Å². The van der Waals surface area contributed by atoms with E-state index in [1.807, 2.05) is 42.5 Å². The molecule has 106 valence electrons. The van der Waals surface area contributed by atoms with Gasteiger partial charge in [-0.1, -0.05) is 32.0 Å². The Bertz CT molecular complexity index is 558. The van der Waals surface area contributed by atoms with Crippen LogP contribution in [-0.4, -0.2) is 11.5 Å². The molecule has 0 radical (unpaired) electrons. The molecule has 0 saturated carbocycles. The minimum absolute atomic E-state index is 0.612.